The number of amides is 1. The van der Waals surface area contributed by atoms with Crippen molar-refractivity contribution in [2.24, 2.45) is 0 Å². The number of thioether (sulfide) groups is 1. The maximum Gasteiger partial charge on any atom is 0.237 e. The molecule has 1 unspecified atom stereocenters. The van der Waals surface area contributed by atoms with Crippen molar-refractivity contribution in [1.82, 2.24) is 14.8 Å². The van der Waals surface area contributed by atoms with Gasteiger partial charge in [0.2, 0.25) is 11.9 Å². The number of nitrogens with zero attached hydrogens (tertiary/aromatic N) is 4. The summed E-state index contributed by atoms with van der Waals surface area (Å²) in [4.78, 5) is 14.9. The van der Waals surface area contributed by atoms with Gasteiger partial charge in [0.1, 0.15) is 5.76 Å². The first kappa shape index (κ1) is 19.8. The Bertz CT molecular complexity index is 969. The van der Waals surface area contributed by atoms with Crippen molar-refractivity contribution in [1.29, 1.82) is 0 Å². The summed E-state index contributed by atoms with van der Waals surface area (Å²) in [6.07, 6.45) is 3.95. The number of nitrogens with one attached hydrogen (secondary N) is 1. The summed E-state index contributed by atoms with van der Waals surface area (Å²) >= 11 is 7.52. The molecule has 7 nitrogen and oxygen atoms in total. The molecule has 1 aliphatic heterocycles. The molecular weight excluding hydrogens is 410 g/mol. The van der Waals surface area contributed by atoms with E-state index in [0.717, 1.165) is 37.6 Å². The van der Waals surface area contributed by atoms with E-state index in [2.05, 4.69) is 20.4 Å². The maximum atomic E-state index is 12.7. The van der Waals surface area contributed by atoms with Crippen LogP contribution in [-0.2, 0) is 11.3 Å². The van der Waals surface area contributed by atoms with E-state index in [1.807, 2.05) is 35.8 Å². The number of furan rings is 1. The SMILES string of the molecule is CC(Sc1nnc(N2CCCC2)n1Cc1ccco1)C(=O)Nc1ccccc1Cl. The lowest BCUT2D eigenvalue weighted by atomic mass is 10.3. The second-order valence-electron chi connectivity index (χ2n) is 6.87. The molecule has 1 amide bonds. The number of hydrogen-bond acceptors (Lipinski definition) is 6. The summed E-state index contributed by atoms with van der Waals surface area (Å²) in [6.45, 7) is 4.29. The highest BCUT2D eigenvalue weighted by Crippen LogP contribution is 2.29. The van der Waals surface area contributed by atoms with Crippen LogP contribution in [0.2, 0.25) is 5.02 Å². The molecule has 2 aromatic heterocycles. The van der Waals surface area contributed by atoms with Gasteiger partial charge < -0.3 is 14.6 Å². The second-order valence-corrected chi connectivity index (χ2v) is 8.59. The Morgan fingerprint density at radius 3 is 2.76 bits per heavy atom. The molecule has 0 bridgehead atoms. The minimum atomic E-state index is -0.378. The van der Waals surface area contributed by atoms with Gasteiger partial charge in [-0.3, -0.25) is 9.36 Å². The molecule has 1 N–H and O–H groups in total. The summed E-state index contributed by atoms with van der Waals surface area (Å²) in [5.74, 6) is 1.50. The number of halogens is 1. The Kier molecular flexibility index (Phi) is 6.10. The van der Waals surface area contributed by atoms with Gasteiger partial charge >= 0.3 is 0 Å². The van der Waals surface area contributed by atoms with Gasteiger partial charge in [0, 0.05) is 13.1 Å². The maximum absolute atomic E-state index is 12.7. The molecule has 0 saturated carbocycles. The van der Waals surface area contributed by atoms with Crippen LogP contribution >= 0.6 is 23.4 Å². The van der Waals surface area contributed by atoms with Gasteiger partial charge in [0.05, 0.1) is 28.8 Å². The number of rotatable bonds is 7. The lowest BCUT2D eigenvalue weighted by Gasteiger charge is -2.18. The molecule has 3 heterocycles. The molecule has 9 heteroatoms. The first-order valence-corrected chi connectivity index (χ1v) is 10.8. The van der Waals surface area contributed by atoms with Crippen molar-refractivity contribution < 1.29 is 9.21 Å². The zero-order valence-electron chi connectivity index (χ0n) is 16.0. The molecule has 3 aromatic rings. The van der Waals surface area contributed by atoms with E-state index < -0.39 is 0 Å². The van der Waals surface area contributed by atoms with Crippen LogP contribution in [0.25, 0.3) is 0 Å². The zero-order valence-corrected chi connectivity index (χ0v) is 17.6. The van der Waals surface area contributed by atoms with Crippen LogP contribution in [0.4, 0.5) is 11.6 Å². The molecule has 1 aromatic carbocycles. The third-order valence-corrected chi connectivity index (χ3v) is 6.17. The lowest BCUT2D eigenvalue weighted by molar-refractivity contribution is -0.115. The standard InChI is InChI=1S/C20H22ClN5O2S/c1-14(18(27)22-17-9-3-2-8-16(17)21)29-20-24-23-19(25-10-4-5-11-25)26(20)13-15-7-6-12-28-15/h2-3,6-9,12,14H,4-5,10-11,13H2,1H3,(H,22,27). The molecule has 4 rings (SSSR count). The average molecular weight is 432 g/mol. The molecule has 0 aliphatic carbocycles. The zero-order chi connectivity index (χ0) is 20.2. The Morgan fingerprint density at radius 2 is 2.03 bits per heavy atom. The van der Waals surface area contributed by atoms with Gasteiger partial charge in [-0.15, -0.1) is 10.2 Å². The third kappa shape index (κ3) is 4.59. The Morgan fingerprint density at radius 1 is 1.24 bits per heavy atom. The molecule has 1 saturated heterocycles. The Balaban J connectivity index is 1.52. The number of aromatic nitrogens is 3. The fraction of sp³-hybridized carbons (Fsp3) is 0.350. The quantitative estimate of drug-likeness (QED) is 0.562. The number of para-hydroxylation sites is 1. The average Bonchev–Trinajstić information content (AvgIpc) is 3.47. The van der Waals surface area contributed by atoms with E-state index in [-0.39, 0.29) is 11.2 Å². The highest BCUT2D eigenvalue weighted by Gasteiger charge is 2.25. The predicted octanol–water partition coefficient (Wildman–Crippen LogP) is 4.29. The van der Waals surface area contributed by atoms with Crippen LogP contribution in [0.15, 0.2) is 52.2 Å². The van der Waals surface area contributed by atoms with Gasteiger partial charge in [-0.1, -0.05) is 35.5 Å². The van der Waals surface area contributed by atoms with Gasteiger partial charge in [-0.25, -0.2) is 0 Å². The van der Waals surface area contributed by atoms with E-state index in [9.17, 15) is 4.79 Å². The van der Waals surface area contributed by atoms with E-state index in [1.54, 1.807) is 18.4 Å². The lowest BCUT2D eigenvalue weighted by Crippen LogP contribution is -2.24. The molecule has 1 atom stereocenters. The largest absolute Gasteiger partial charge is 0.467 e. The van der Waals surface area contributed by atoms with E-state index in [4.69, 9.17) is 16.0 Å². The van der Waals surface area contributed by atoms with Crippen molar-refractivity contribution in [3.05, 3.63) is 53.4 Å². The van der Waals surface area contributed by atoms with Gasteiger partial charge in [-0.2, -0.15) is 0 Å². The topological polar surface area (TPSA) is 76.2 Å². The van der Waals surface area contributed by atoms with Crippen LogP contribution in [0.5, 0.6) is 0 Å². The molecule has 1 fully saturated rings. The van der Waals surface area contributed by atoms with Crippen LogP contribution in [0, 0.1) is 0 Å². The molecule has 152 valence electrons. The number of benzene rings is 1. The van der Waals surface area contributed by atoms with E-state index >= 15 is 0 Å². The minimum Gasteiger partial charge on any atom is -0.467 e. The summed E-state index contributed by atoms with van der Waals surface area (Å²) in [6, 6.07) is 11.0. The van der Waals surface area contributed by atoms with E-state index in [0.29, 0.717) is 22.4 Å². The summed E-state index contributed by atoms with van der Waals surface area (Å²) in [7, 11) is 0. The monoisotopic (exact) mass is 431 g/mol. The Hall–Kier alpha value is -2.45. The van der Waals surface area contributed by atoms with Crippen LogP contribution < -0.4 is 10.2 Å². The fourth-order valence-electron chi connectivity index (χ4n) is 3.22. The Labute approximate surface area is 178 Å². The van der Waals surface area contributed by atoms with Crippen molar-refractivity contribution >= 4 is 40.9 Å². The number of hydrogen-bond donors (Lipinski definition) is 1. The van der Waals surface area contributed by atoms with Crippen LogP contribution in [-0.4, -0.2) is 39.0 Å². The molecule has 0 spiro atoms. The molecular formula is C20H22ClN5O2S. The molecule has 0 radical (unpaired) electrons. The first-order chi connectivity index (χ1) is 14.1. The predicted molar refractivity (Wildman–Crippen MR) is 115 cm³/mol. The summed E-state index contributed by atoms with van der Waals surface area (Å²) in [5.41, 5.74) is 0.599. The molecule has 1 aliphatic rings. The summed E-state index contributed by atoms with van der Waals surface area (Å²) in [5, 5.41) is 12.5. The van der Waals surface area contributed by atoms with Crippen molar-refractivity contribution in [2.75, 3.05) is 23.3 Å². The van der Waals surface area contributed by atoms with E-state index in [1.165, 1.54) is 11.8 Å². The van der Waals surface area contributed by atoms with Crippen molar-refractivity contribution in [3.63, 3.8) is 0 Å². The smallest absolute Gasteiger partial charge is 0.237 e. The molecule has 29 heavy (non-hydrogen) atoms. The van der Waals surface area contributed by atoms with Crippen molar-refractivity contribution in [3.8, 4) is 0 Å². The third-order valence-electron chi connectivity index (χ3n) is 4.76. The second kappa shape index (κ2) is 8.92. The van der Waals surface area contributed by atoms with Gasteiger partial charge in [0.15, 0.2) is 5.16 Å². The van der Waals surface area contributed by atoms with Gasteiger partial charge in [0.25, 0.3) is 0 Å². The first-order valence-electron chi connectivity index (χ1n) is 9.54. The van der Waals surface area contributed by atoms with Crippen LogP contribution in [0.3, 0.4) is 0 Å². The number of carbonyl (C=O) groups excluding carboxylic acids is 1. The minimum absolute atomic E-state index is 0.140. The number of carbonyl (C=O) groups is 1. The fourth-order valence-corrected chi connectivity index (χ4v) is 4.25. The number of anilines is 2. The summed E-state index contributed by atoms with van der Waals surface area (Å²) < 4.78 is 7.55. The highest BCUT2D eigenvalue weighted by molar-refractivity contribution is 8.00. The normalized spacial score (nSPS) is 14.9. The van der Waals surface area contributed by atoms with Crippen molar-refractivity contribution in [2.45, 2.75) is 36.7 Å². The van der Waals surface area contributed by atoms with Gasteiger partial charge in [-0.05, 0) is 44.0 Å². The van der Waals surface area contributed by atoms with Crippen LogP contribution in [0.1, 0.15) is 25.5 Å². The highest BCUT2D eigenvalue weighted by atomic mass is 35.5.